The van der Waals surface area contributed by atoms with Crippen molar-refractivity contribution in [1.82, 2.24) is 9.24 Å². The molecule has 1 aromatic heterocycles. The van der Waals surface area contributed by atoms with Crippen LogP contribution in [0.2, 0.25) is 0 Å². The number of nitrogen functional groups attached to an aromatic ring is 1. The Labute approximate surface area is 68.3 Å². The minimum Gasteiger partial charge on any atom is -0.335 e. The molecule has 2 N–H and O–H groups in total. The standard InChI is InChI=1S/C7H9N3O2/c1-2-4-9-6(11)3-5-10(8)7(9)12/h2-3,5H,1,4,8H2. The van der Waals surface area contributed by atoms with E-state index >= 15 is 0 Å². The smallest absolute Gasteiger partial charge is 0.335 e. The summed E-state index contributed by atoms with van der Waals surface area (Å²) >= 11 is 0. The fourth-order valence-electron chi connectivity index (χ4n) is 0.829. The largest absolute Gasteiger partial charge is 0.349 e. The lowest BCUT2D eigenvalue weighted by Crippen LogP contribution is -2.41. The maximum Gasteiger partial charge on any atom is 0.349 e. The van der Waals surface area contributed by atoms with Gasteiger partial charge in [-0.1, -0.05) is 6.08 Å². The average molecular weight is 167 g/mol. The summed E-state index contributed by atoms with van der Waals surface area (Å²) in [6.45, 7) is 3.60. The summed E-state index contributed by atoms with van der Waals surface area (Å²) in [5.74, 6) is 5.23. The minimum atomic E-state index is -0.539. The fraction of sp³-hybridized carbons (Fsp3) is 0.143. The van der Waals surface area contributed by atoms with Crippen LogP contribution >= 0.6 is 0 Å². The molecular formula is C7H9N3O2. The molecule has 0 aliphatic rings. The molecule has 0 aliphatic carbocycles. The van der Waals surface area contributed by atoms with Gasteiger partial charge in [0.15, 0.2) is 0 Å². The first kappa shape index (κ1) is 8.32. The van der Waals surface area contributed by atoms with Crippen LogP contribution in [0.4, 0.5) is 0 Å². The summed E-state index contributed by atoms with van der Waals surface area (Å²) in [5.41, 5.74) is -0.913. The van der Waals surface area contributed by atoms with E-state index in [9.17, 15) is 9.59 Å². The van der Waals surface area contributed by atoms with Crippen LogP contribution in [-0.2, 0) is 6.54 Å². The summed E-state index contributed by atoms with van der Waals surface area (Å²) in [4.78, 5) is 22.2. The van der Waals surface area contributed by atoms with Gasteiger partial charge >= 0.3 is 5.69 Å². The van der Waals surface area contributed by atoms with Crippen LogP contribution in [-0.4, -0.2) is 9.24 Å². The van der Waals surface area contributed by atoms with Crippen LogP contribution in [0.1, 0.15) is 0 Å². The highest BCUT2D eigenvalue weighted by Gasteiger charge is 1.99. The van der Waals surface area contributed by atoms with Gasteiger partial charge in [-0.3, -0.25) is 9.36 Å². The summed E-state index contributed by atoms with van der Waals surface area (Å²) in [6, 6.07) is 1.23. The number of nitrogens with two attached hydrogens (primary N) is 1. The number of aromatic nitrogens is 2. The second-order valence-electron chi connectivity index (χ2n) is 2.24. The van der Waals surface area contributed by atoms with Crippen LogP contribution < -0.4 is 17.1 Å². The van der Waals surface area contributed by atoms with E-state index in [1.54, 1.807) is 0 Å². The Balaban J connectivity index is 3.43. The molecule has 1 rings (SSSR count). The second kappa shape index (κ2) is 3.08. The van der Waals surface area contributed by atoms with E-state index < -0.39 is 5.69 Å². The molecule has 0 aliphatic heterocycles. The predicted octanol–water partition coefficient (Wildman–Crippen LogP) is -1.09. The number of nitrogens with zero attached hydrogens (tertiary/aromatic N) is 2. The van der Waals surface area contributed by atoms with Crippen molar-refractivity contribution in [1.29, 1.82) is 0 Å². The summed E-state index contributed by atoms with van der Waals surface area (Å²) in [6.07, 6.45) is 2.69. The molecule has 5 heteroatoms. The van der Waals surface area contributed by atoms with E-state index in [0.29, 0.717) is 0 Å². The highest BCUT2D eigenvalue weighted by molar-refractivity contribution is 4.87. The van der Waals surface area contributed by atoms with Crippen LogP contribution in [0.15, 0.2) is 34.5 Å². The van der Waals surface area contributed by atoms with Gasteiger partial charge in [-0.05, 0) is 0 Å². The Morgan fingerprint density at radius 2 is 2.25 bits per heavy atom. The van der Waals surface area contributed by atoms with Crippen molar-refractivity contribution < 1.29 is 0 Å². The lowest BCUT2D eigenvalue weighted by atomic mass is 10.5. The Kier molecular flexibility index (Phi) is 2.14. The highest BCUT2D eigenvalue weighted by atomic mass is 16.2. The molecule has 64 valence electrons. The molecule has 1 aromatic rings. The van der Waals surface area contributed by atoms with Gasteiger partial charge in [-0.15, -0.1) is 6.58 Å². The molecular weight excluding hydrogens is 158 g/mol. The molecule has 0 bridgehead atoms. The zero-order valence-corrected chi connectivity index (χ0v) is 6.43. The average Bonchev–Trinajstić information content (AvgIpc) is 2.06. The molecule has 1 heterocycles. The molecule has 0 unspecified atom stereocenters. The second-order valence-corrected chi connectivity index (χ2v) is 2.24. The lowest BCUT2D eigenvalue weighted by Gasteiger charge is -2.01. The summed E-state index contributed by atoms with van der Waals surface area (Å²) < 4.78 is 1.85. The van der Waals surface area contributed by atoms with Gasteiger partial charge in [0.05, 0.1) is 0 Å². The molecule has 5 nitrogen and oxygen atoms in total. The van der Waals surface area contributed by atoms with Crippen molar-refractivity contribution in [2.45, 2.75) is 6.54 Å². The van der Waals surface area contributed by atoms with Crippen LogP contribution in [0.3, 0.4) is 0 Å². The van der Waals surface area contributed by atoms with Crippen molar-refractivity contribution in [3.05, 3.63) is 45.8 Å². The van der Waals surface area contributed by atoms with Gasteiger partial charge in [-0.2, -0.15) is 0 Å². The molecule has 0 saturated heterocycles. The van der Waals surface area contributed by atoms with Crippen molar-refractivity contribution in [2.24, 2.45) is 0 Å². The van der Waals surface area contributed by atoms with Crippen molar-refractivity contribution in [2.75, 3.05) is 5.84 Å². The lowest BCUT2D eigenvalue weighted by molar-refractivity contribution is 0.668. The summed E-state index contributed by atoms with van der Waals surface area (Å²) in [7, 11) is 0. The van der Waals surface area contributed by atoms with Crippen molar-refractivity contribution >= 4 is 0 Å². The van der Waals surface area contributed by atoms with Crippen molar-refractivity contribution in [3.8, 4) is 0 Å². The number of hydrogen-bond donors (Lipinski definition) is 1. The quantitative estimate of drug-likeness (QED) is 0.449. The molecule has 0 aromatic carbocycles. The molecule has 0 spiro atoms. The third-order valence-corrected chi connectivity index (χ3v) is 1.41. The van der Waals surface area contributed by atoms with Gasteiger partial charge in [0, 0.05) is 18.8 Å². The summed E-state index contributed by atoms with van der Waals surface area (Å²) in [5, 5.41) is 0. The highest BCUT2D eigenvalue weighted by Crippen LogP contribution is 1.72. The van der Waals surface area contributed by atoms with Gasteiger partial charge in [-0.25, -0.2) is 9.47 Å². The first-order valence-corrected chi connectivity index (χ1v) is 3.35. The molecule has 0 saturated carbocycles. The zero-order chi connectivity index (χ0) is 9.14. The van der Waals surface area contributed by atoms with Crippen LogP contribution in [0, 0.1) is 0 Å². The van der Waals surface area contributed by atoms with E-state index in [1.165, 1.54) is 18.3 Å². The number of hydrogen-bond acceptors (Lipinski definition) is 3. The molecule has 0 fully saturated rings. The predicted molar refractivity (Wildman–Crippen MR) is 45.3 cm³/mol. The maximum atomic E-state index is 11.1. The van der Waals surface area contributed by atoms with Gasteiger partial charge in [0.25, 0.3) is 5.56 Å². The Morgan fingerprint density at radius 3 is 2.83 bits per heavy atom. The van der Waals surface area contributed by atoms with Gasteiger partial charge in [0.2, 0.25) is 0 Å². The third-order valence-electron chi connectivity index (χ3n) is 1.41. The first-order valence-electron chi connectivity index (χ1n) is 3.35. The SMILES string of the molecule is C=CCn1c(=O)ccn(N)c1=O. The first-order chi connectivity index (χ1) is 5.66. The molecule has 0 radical (unpaired) electrons. The number of rotatable bonds is 2. The minimum absolute atomic E-state index is 0.176. The van der Waals surface area contributed by atoms with E-state index in [0.717, 1.165) is 9.24 Å². The Bertz CT molecular complexity index is 402. The van der Waals surface area contributed by atoms with Crippen molar-refractivity contribution in [3.63, 3.8) is 0 Å². The normalized spacial score (nSPS) is 9.67. The number of allylic oxidation sites excluding steroid dienone is 1. The van der Waals surface area contributed by atoms with Crippen LogP contribution in [0.5, 0.6) is 0 Å². The molecule has 0 amide bonds. The fourth-order valence-corrected chi connectivity index (χ4v) is 0.829. The maximum absolute atomic E-state index is 11.1. The van der Waals surface area contributed by atoms with E-state index in [2.05, 4.69) is 6.58 Å². The van der Waals surface area contributed by atoms with E-state index in [1.807, 2.05) is 0 Å². The Morgan fingerprint density at radius 1 is 1.58 bits per heavy atom. The van der Waals surface area contributed by atoms with Gasteiger partial charge in [0.1, 0.15) is 0 Å². The molecule has 12 heavy (non-hydrogen) atoms. The Hall–Kier alpha value is -1.78. The topological polar surface area (TPSA) is 70.0 Å². The van der Waals surface area contributed by atoms with Gasteiger partial charge < -0.3 is 5.84 Å². The third kappa shape index (κ3) is 1.29. The van der Waals surface area contributed by atoms with E-state index in [4.69, 9.17) is 5.84 Å². The monoisotopic (exact) mass is 167 g/mol. The van der Waals surface area contributed by atoms with Crippen LogP contribution in [0.25, 0.3) is 0 Å². The zero-order valence-electron chi connectivity index (χ0n) is 6.43. The van der Waals surface area contributed by atoms with E-state index in [-0.39, 0.29) is 12.1 Å². The molecule has 0 atom stereocenters.